The van der Waals surface area contributed by atoms with Gasteiger partial charge in [0.15, 0.2) is 0 Å². The largest absolute Gasteiger partial charge is 1.00 e. The van der Waals surface area contributed by atoms with Crippen LogP contribution >= 0.6 is 0 Å². The van der Waals surface area contributed by atoms with Crippen molar-refractivity contribution in [2.45, 2.75) is 0 Å². The third-order valence-corrected chi connectivity index (χ3v) is 3.04. The second-order valence-electron chi connectivity index (χ2n) is 4.17. The number of halogens is 1. The lowest BCUT2D eigenvalue weighted by Gasteiger charge is -2.04. The van der Waals surface area contributed by atoms with Crippen LogP contribution < -0.4 is 17.3 Å². The van der Waals surface area contributed by atoms with E-state index in [1.165, 1.54) is 11.4 Å². The summed E-state index contributed by atoms with van der Waals surface area (Å²) in [5.74, 6) is 0. The molecule has 0 fully saturated rings. The van der Waals surface area contributed by atoms with Gasteiger partial charge in [0.2, 0.25) is 6.34 Å². The van der Waals surface area contributed by atoms with Crippen LogP contribution in [0.5, 0.6) is 0 Å². The highest BCUT2D eigenvalue weighted by Crippen LogP contribution is 2.17. The molecule has 0 atom stereocenters. The van der Waals surface area contributed by atoms with Crippen molar-refractivity contribution in [3.8, 4) is 0 Å². The van der Waals surface area contributed by atoms with Crippen LogP contribution in [0.15, 0.2) is 60.7 Å². The van der Waals surface area contributed by atoms with Gasteiger partial charge in [-0.2, -0.15) is 0 Å². The van der Waals surface area contributed by atoms with Gasteiger partial charge in [0.25, 0.3) is 0 Å². The lowest BCUT2D eigenvalue weighted by atomic mass is 10.3. The highest BCUT2D eigenvalue weighted by atomic mass is 35.5. The molecule has 0 aromatic heterocycles. The highest BCUT2D eigenvalue weighted by molar-refractivity contribution is 5.77. The Balaban J connectivity index is 0.00000120. The van der Waals surface area contributed by atoms with Crippen LogP contribution in [-0.4, -0.2) is 24.0 Å². The Labute approximate surface area is 114 Å². The predicted molar refractivity (Wildman–Crippen MR) is 71.1 cm³/mol. The zero-order valence-corrected chi connectivity index (χ0v) is 10.8. The second-order valence-corrected chi connectivity index (χ2v) is 4.17. The van der Waals surface area contributed by atoms with E-state index in [1.807, 2.05) is 0 Å². The number of rotatable bonds is 2. The van der Waals surface area contributed by atoms with E-state index in [2.05, 4.69) is 76.5 Å². The summed E-state index contributed by atoms with van der Waals surface area (Å²) >= 11 is 0. The Kier molecular flexibility index (Phi) is 4.00. The smallest absolute Gasteiger partial charge is 0.244 e. The fourth-order valence-electron chi connectivity index (χ4n) is 2.13. The minimum atomic E-state index is 0. The van der Waals surface area contributed by atoms with Crippen LogP contribution in [0.4, 0.5) is 11.4 Å². The maximum Gasteiger partial charge on any atom is 0.244 e. The van der Waals surface area contributed by atoms with Gasteiger partial charge in [0, 0.05) is 0 Å². The van der Waals surface area contributed by atoms with E-state index in [0.717, 1.165) is 13.1 Å². The molecule has 2 aromatic rings. The lowest BCUT2D eigenvalue weighted by molar-refractivity contribution is -0.424. The van der Waals surface area contributed by atoms with Crippen molar-refractivity contribution in [3.63, 3.8) is 0 Å². The zero-order valence-electron chi connectivity index (χ0n) is 10.0. The lowest BCUT2D eigenvalue weighted by Crippen LogP contribution is -3.00. The first-order valence-corrected chi connectivity index (χ1v) is 5.92. The fraction of sp³-hybridized carbons (Fsp3) is 0.133. The summed E-state index contributed by atoms with van der Waals surface area (Å²) < 4.78 is 2.28. The first-order valence-electron chi connectivity index (χ1n) is 5.92. The molecule has 1 aliphatic rings. The van der Waals surface area contributed by atoms with Gasteiger partial charge >= 0.3 is 0 Å². The van der Waals surface area contributed by atoms with Crippen LogP contribution in [-0.2, 0) is 0 Å². The van der Waals surface area contributed by atoms with E-state index < -0.39 is 0 Å². The van der Waals surface area contributed by atoms with Crippen LogP contribution in [0.2, 0.25) is 0 Å². The Morgan fingerprint density at radius 3 is 2.11 bits per heavy atom. The molecular formula is C15H15ClN2. The summed E-state index contributed by atoms with van der Waals surface area (Å²) in [6.07, 6.45) is 2.19. The van der Waals surface area contributed by atoms with E-state index in [0.29, 0.717) is 0 Å². The number of anilines is 1. The standard InChI is InChI=1S/C15H15N2.ClH/c1-3-7-14(8-4-1)16-11-12-17(13-16)15-9-5-2-6-10-15;/h1-10,13H,11-12H2;1H/q+1;/p-1. The Hall–Kier alpha value is -1.80. The minimum Gasteiger partial charge on any atom is -1.00 e. The van der Waals surface area contributed by atoms with Crippen molar-refractivity contribution in [1.82, 2.24) is 0 Å². The van der Waals surface area contributed by atoms with E-state index in [4.69, 9.17) is 0 Å². The monoisotopic (exact) mass is 258 g/mol. The molecule has 0 spiro atoms. The molecule has 2 nitrogen and oxygen atoms in total. The second kappa shape index (κ2) is 5.69. The summed E-state index contributed by atoms with van der Waals surface area (Å²) in [6, 6.07) is 21.0. The van der Waals surface area contributed by atoms with Gasteiger partial charge in [-0.1, -0.05) is 36.4 Å². The number of hydrogen-bond acceptors (Lipinski definition) is 1. The first-order chi connectivity index (χ1) is 8.43. The van der Waals surface area contributed by atoms with E-state index in [-0.39, 0.29) is 12.4 Å². The number of hydrogen-bond donors (Lipinski definition) is 0. The Bertz CT molecular complexity index is 523. The number of nitrogens with zero attached hydrogens (tertiary/aromatic N) is 2. The average Bonchev–Trinajstić information content (AvgIpc) is 2.90. The Morgan fingerprint density at radius 2 is 1.44 bits per heavy atom. The molecule has 92 valence electrons. The summed E-state index contributed by atoms with van der Waals surface area (Å²) in [4.78, 5) is 2.28. The van der Waals surface area contributed by atoms with Crippen molar-refractivity contribution >= 4 is 17.7 Å². The quantitative estimate of drug-likeness (QED) is 0.681. The molecule has 0 radical (unpaired) electrons. The third-order valence-electron chi connectivity index (χ3n) is 3.04. The van der Waals surface area contributed by atoms with Gasteiger partial charge < -0.3 is 12.4 Å². The van der Waals surface area contributed by atoms with E-state index >= 15 is 0 Å². The van der Waals surface area contributed by atoms with Gasteiger partial charge in [0.1, 0.15) is 24.5 Å². The molecule has 3 rings (SSSR count). The van der Waals surface area contributed by atoms with Crippen LogP contribution in [0.25, 0.3) is 0 Å². The highest BCUT2D eigenvalue weighted by Gasteiger charge is 2.21. The Morgan fingerprint density at radius 1 is 0.833 bits per heavy atom. The molecule has 0 amide bonds. The molecule has 0 N–H and O–H groups in total. The van der Waals surface area contributed by atoms with Crippen molar-refractivity contribution in [3.05, 3.63) is 60.7 Å². The van der Waals surface area contributed by atoms with Crippen molar-refractivity contribution in [2.24, 2.45) is 0 Å². The predicted octanol–water partition coefficient (Wildman–Crippen LogP) is -0.117. The van der Waals surface area contributed by atoms with Crippen molar-refractivity contribution in [2.75, 3.05) is 18.0 Å². The summed E-state index contributed by atoms with van der Waals surface area (Å²) in [5.41, 5.74) is 2.51. The SMILES string of the molecule is C1=[N+](c2ccccc2)CCN1c1ccccc1.[Cl-]. The molecule has 2 aromatic carbocycles. The third kappa shape index (κ3) is 2.54. The van der Waals surface area contributed by atoms with E-state index in [1.54, 1.807) is 0 Å². The zero-order chi connectivity index (χ0) is 11.5. The van der Waals surface area contributed by atoms with Crippen molar-refractivity contribution < 1.29 is 17.0 Å². The minimum absolute atomic E-state index is 0. The van der Waals surface area contributed by atoms with Crippen LogP contribution in [0, 0.1) is 0 Å². The van der Waals surface area contributed by atoms with Gasteiger partial charge in [-0.3, -0.25) is 0 Å². The molecule has 1 heterocycles. The van der Waals surface area contributed by atoms with Crippen molar-refractivity contribution in [1.29, 1.82) is 0 Å². The van der Waals surface area contributed by atoms with Gasteiger partial charge in [0.05, 0.1) is 0 Å². The molecule has 0 saturated heterocycles. The van der Waals surface area contributed by atoms with Gasteiger partial charge in [-0.05, 0) is 24.3 Å². The molecule has 18 heavy (non-hydrogen) atoms. The van der Waals surface area contributed by atoms with Gasteiger partial charge in [-0.25, -0.2) is 9.48 Å². The summed E-state index contributed by atoms with van der Waals surface area (Å²) in [6.45, 7) is 2.08. The van der Waals surface area contributed by atoms with Crippen LogP contribution in [0.1, 0.15) is 0 Å². The van der Waals surface area contributed by atoms with Crippen LogP contribution in [0.3, 0.4) is 0 Å². The molecular weight excluding hydrogens is 244 g/mol. The maximum atomic E-state index is 2.28. The summed E-state index contributed by atoms with van der Waals surface area (Å²) in [7, 11) is 0. The molecule has 0 unspecified atom stereocenters. The summed E-state index contributed by atoms with van der Waals surface area (Å²) in [5, 5.41) is 0. The number of benzene rings is 2. The molecule has 0 saturated carbocycles. The maximum absolute atomic E-state index is 2.28. The first kappa shape index (κ1) is 12.7. The van der Waals surface area contributed by atoms with E-state index in [9.17, 15) is 0 Å². The average molecular weight is 259 g/mol. The number of para-hydroxylation sites is 2. The topological polar surface area (TPSA) is 6.25 Å². The molecule has 3 heteroatoms. The molecule has 0 aliphatic carbocycles. The normalized spacial score (nSPS) is 14.0. The molecule has 1 aliphatic heterocycles. The molecule has 0 bridgehead atoms. The van der Waals surface area contributed by atoms with Gasteiger partial charge in [-0.15, -0.1) is 0 Å². The fourth-order valence-corrected chi connectivity index (χ4v) is 2.13.